The Hall–Kier alpha value is -2.30. The molecule has 19 heavy (non-hydrogen) atoms. The fourth-order valence-corrected chi connectivity index (χ4v) is 1.81. The molecule has 1 aromatic rings. The van der Waals surface area contributed by atoms with Gasteiger partial charge in [-0.05, 0) is 18.2 Å². The molecule has 0 unspecified atom stereocenters. The minimum absolute atomic E-state index is 0.111. The molecule has 0 fully saturated rings. The van der Waals surface area contributed by atoms with Crippen LogP contribution in [0.25, 0.3) is 0 Å². The maximum atomic E-state index is 13.6. The van der Waals surface area contributed by atoms with Crippen LogP contribution in [0.3, 0.4) is 0 Å². The maximum absolute atomic E-state index is 13.6. The monoisotopic (exact) mass is 261 g/mol. The molecule has 1 aromatic carbocycles. The Morgan fingerprint density at radius 2 is 1.74 bits per heavy atom. The summed E-state index contributed by atoms with van der Waals surface area (Å²) >= 11 is 0. The lowest BCUT2D eigenvalue weighted by Gasteiger charge is -2.15. The van der Waals surface area contributed by atoms with Crippen molar-refractivity contribution in [3.63, 3.8) is 0 Å². The molecule has 0 aliphatic carbocycles. The first kappa shape index (κ1) is 13.1. The lowest BCUT2D eigenvalue weighted by atomic mass is 10.00. The quantitative estimate of drug-likeness (QED) is 0.618. The molecule has 1 aliphatic rings. The second-order valence-electron chi connectivity index (χ2n) is 4.53. The predicted octanol–water partition coefficient (Wildman–Crippen LogP) is 2.09. The van der Waals surface area contributed by atoms with Gasteiger partial charge in [-0.3, -0.25) is 14.4 Å². The number of hydrogen-bond acceptors (Lipinski definition) is 3. The smallest absolute Gasteiger partial charge is 0.258 e. The molecule has 98 valence electrons. The van der Waals surface area contributed by atoms with E-state index in [9.17, 15) is 18.8 Å². The predicted molar refractivity (Wildman–Crippen MR) is 67.2 cm³/mol. The molecule has 0 bridgehead atoms. The molecule has 4 nitrogen and oxygen atoms in total. The number of benzene rings is 1. The molecular weight excluding hydrogens is 249 g/mol. The van der Waals surface area contributed by atoms with E-state index in [1.165, 1.54) is 12.1 Å². The molecule has 0 aromatic heterocycles. The minimum atomic E-state index is -0.658. The van der Waals surface area contributed by atoms with E-state index in [-0.39, 0.29) is 23.0 Å². The largest absolute Gasteiger partial charge is 0.294 e. The van der Waals surface area contributed by atoms with E-state index >= 15 is 0 Å². The third-order valence-corrected chi connectivity index (χ3v) is 2.81. The molecule has 5 heteroatoms. The number of imide groups is 1. The fraction of sp³-hybridized carbons (Fsp3) is 0.214. The highest BCUT2D eigenvalue weighted by atomic mass is 19.1. The number of Topliss-reactive ketones (excluding diaryl/α,β-unsaturated/α-hetero) is 1. The van der Waals surface area contributed by atoms with Gasteiger partial charge in [0.15, 0.2) is 5.78 Å². The molecule has 1 heterocycles. The highest BCUT2D eigenvalue weighted by Gasteiger charge is 2.26. The van der Waals surface area contributed by atoms with Crippen molar-refractivity contribution < 1.29 is 18.8 Å². The van der Waals surface area contributed by atoms with Crippen molar-refractivity contribution >= 4 is 23.3 Å². The summed E-state index contributed by atoms with van der Waals surface area (Å²) in [5.74, 6) is -2.40. The van der Waals surface area contributed by atoms with Gasteiger partial charge in [0.05, 0.1) is 11.3 Å². The van der Waals surface area contributed by atoms with Crippen LogP contribution in [0, 0.1) is 11.7 Å². The van der Waals surface area contributed by atoms with Crippen LogP contribution in [0.2, 0.25) is 0 Å². The first-order valence-corrected chi connectivity index (χ1v) is 5.81. The summed E-state index contributed by atoms with van der Waals surface area (Å²) in [6.45, 7) is 3.31. The van der Waals surface area contributed by atoms with Gasteiger partial charge in [0, 0.05) is 18.1 Å². The Bertz CT molecular complexity index is 587. The van der Waals surface area contributed by atoms with Crippen LogP contribution in [0.1, 0.15) is 24.2 Å². The Morgan fingerprint density at radius 3 is 2.26 bits per heavy atom. The Balaban J connectivity index is 2.45. The summed E-state index contributed by atoms with van der Waals surface area (Å²) in [7, 11) is 0. The average molecular weight is 261 g/mol. The van der Waals surface area contributed by atoms with E-state index in [2.05, 4.69) is 0 Å². The van der Waals surface area contributed by atoms with Crippen LogP contribution in [0.5, 0.6) is 0 Å². The summed E-state index contributed by atoms with van der Waals surface area (Å²) in [6.07, 6.45) is 2.27. The Labute approximate surface area is 109 Å². The van der Waals surface area contributed by atoms with Crippen molar-refractivity contribution in [1.82, 2.24) is 0 Å². The number of hydrogen-bond donors (Lipinski definition) is 0. The first-order valence-electron chi connectivity index (χ1n) is 5.81. The minimum Gasteiger partial charge on any atom is -0.294 e. The number of nitrogens with zero attached hydrogens (tertiary/aromatic N) is 1. The lowest BCUT2D eigenvalue weighted by Crippen LogP contribution is -2.29. The van der Waals surface area contributed by atoms with Crippen molar-refractivity contribution in [2.24, 2.45) is 5.92 Å². The second-order valence-corrected chi connectivity index (χ2v) is 4.53. The molecule has 1 aliphatic heterocycles. The van der Waals surface area contributed by atoms with E-state index in [0.29, 0.717) is 0 Å². The van der Waals surface area contributed by atoms with Crippen LogP contribution < -0.4 is 4.90 Å². The Kier molecular flexibility index (Phi) is 3.29. The zero-order valence-electron chi connectivity index (χ0n) is 10.5. The normalized spacial score (nSPS) is 14.6. The maximum Gasteiger partial charge on any atom is 0.258 e. The van der Waals surface area contributed by atoms with E-state index in [4.69, 9.17) is 0 Å². The summed E-state index contributed by atoms with van der Waals surface area (Å²) < 4.78 is 13.6. The molecule has 0 spiro atoms. The molecule has 0 saturated carbocycles. The third kappa shape index (κ3) is 2.31. The summed E-state index contributed by atoms with van der Waals surface area (Å²) in [4.78, 5) is 35.8. The van der Waals surface area contributed by atoms with Gasteiger partial charge in [-0.2, -0.15) is 0 Å². The van der Waals surface area contributed by atoms with Gasteiger partial charge in [-0.15, -0.1) is 0 Å². The van der Waals surface area contributed by atoms with E-state index < -0.39 is 17.6 Å². The van der Waals surface area contributed by atoms with Crippen molar-refractivity contribution in [1.29, 1.82) is 0 Å². The lowest BCUT2D eigenvalue weighted by molar-refractivity contribution is -0.119. The molecule has 0 N–H and O–H groups in total. The highest BCUT2D eigenvalue weighted by Crippen LogP contribution is 2.23. The van der Waals surface area contributed by atoms with Gasteiger partial charge in [0.2, 0.25) is 0 Å². The zero-order valence-corrected chi connectivity index (χ0v) is 10.5. The van der Waals surface area contributed by atoms with E-state index in [1.807, 2.05) is 0 Å². The van der Waals surface area contributed by atoms with Gasteiger partial charge >= 0.3 is 0 Å². The summed E-state index contributed by atoms with van der Waals surface area (Å²) in [6, 6.07) is 3.62. The molecule has 0 radical (unpaired) electrons. The highest BCUT2D eigenvalue weighted by molar-refractivity contribution is 6.28. The number of carbonyl (C=O) groups is 3. The van der Waals surface area contributed by atoms with Crippen molar-refractivity contribution in [2.75, 3.05) is 4.90 Å². The van der Waals surface area contributed by atoms with Gasteiger partial charge < -0.3 is 0 Å². The topological polar surface area (TPSA) is 54.5 Å². The number of ketones is 1. The second kappa shape index (κ2) is 4.76. The standard InChI is InChI=1S/C14H12FNO3/c1-8(2)14(19)10-7-9(3-4-11(10)15)16-12(17)5-6-13(16)18/h3-8H,1-2H3. The number of anilines is 1. The Morgan fingerprint density at radius 1 is 1.16 bits per heavy atom. The van der Waals surface area contributed by atoms with Gasteiger partial charge in [-0.1, -0.05) is 13.8 Å². The van der Waals surface area contributed by atoms with Gasteiger partial charge in [0.25, 0.3) is 11.8 Å². The molecule has 2 rings (SSSR count). The van der Waals surface area contributed by atoms with E-state index in [0.717, 1.165) is 23.1 Å². The van der Waals surface area contributed by atoms with Gasteiger partial charge in [0.1, 0.15) is 5.82 Å². The van der Waals surface area contributed by atoms with Crippen LogP contribution in [0.15, 0.2) is 30.4 Å². The van der Waals surface area contributed by atoms with Crippen LogP contribution >= 0.6 is 0 Å². The van der Waals surface area contributed by atoms with E-state index in [1.54, 1.807) is 13.8 Å². The van der Waals surface area contributed by atoms with Crippen molar-refractivity contribution in [3.05, 3.63) is 41.7 Å². The number of halogens is 1. The van der Waals surface area contributed by atoms with Crippen LogP contribution in [-0.2, 0) is 9.59 Å². The SMILES string of the molecule is CC(C)C(=O)c1cc(N2C(=O)C=CC2=O)ccc1F. The number of amides is 2. The van der Waals surface area contributed by atoms with Crippen molar-refractivity contribution in [3.8, 4) is 0 Å². The molecule has 2 amide bonds. The molecular formula is C14H12FNO3. The van der Waals surface area contributed by atoms with Crippen LogP contribution in [0.4, 0.5) is 10.1 Å². The summed E-state index contributed by atoms with van der Waals surface area (Å²) in [5, 5.41) is 0. The molecule has 0 saturated heterocycles. The summed E-state index contributed by atoms with van der Waals surface area (Å²) in [5.41, 5.74) is 0.0883. The van der Waals surface area contributed by atoms with Crippen molar-refractivity contribution in [2.45, 2.75) is 13.8 Å². The van der Waals surface area contributed by atoms with Gasteiger partial charge in [-0.25, -0.2) is 9.29 Å². The first-order chi connectivity index (χ1) is 8.91. The third-order valence-electron chi connectivity index (χ3n) is 2.81. The fourth-order valence-electron chi connectivity index (χ4n) is 1.81. The average Bonchev–Trinajstić information content (AvgIpc) is 2.69. The molecule has 0 atom stereocenters. The van der Waals surface area contributed by atoms with Crippen LogP contribution in [-0.4, -0.2) is 17.6 Å². The number of rotatable bonds is 3. The number of carbonyl (C=O) groups excluding carboxylic acids is 3. The zero-order chi connectivity index (χ0) is 14.2.